The average molecular weight is 289 g/mol. The zero-order valence-corrected chi connectivity index (χ0v) is 12.3. The Kier molecular flexibility index (Phi) is 46.0. The molecular weight excluding hydrogens is 285 g/mol. The van der Waals surface area contributed by atoms with Crippen LogP contribution >= 0.6 is 0 Å². The number of carbonyl (C=O) groups excluding carboxylic acids is 1. The molecule has 0 unspecified atom stereocenters. The Morgan fingerprint density at radius 1 is 1.09 bits per heavy atom. The average Bonchev–Trinajstić information content (AvgIpc) is 1.27. The van der Waals surface area contributed by atoms with E-state index in [-0.39, 0.29) is 45.1 Å². The Hall–Kier alpha value is 0.547. The third-order valence-electron chi connectivity index (χ3n) is 0. The van der Waals surface area contributed by atoms with Crippen molar-refractivity contribution in [3.8, 4) is 0 Å². The molecule has 0 saturated heterocycles. The molecule has 0 heterocycles. The monoisotopic (exact) mass is 286 g/mol. The van der Waals surface area contributed by atoms with Gasteiger partial charge >= 0.3 is 39.0 Å². The fourth-order valence-corrected chi connectivity index (χ4v) is 0. The second-order valence-electron chi connectivity index (χ2n) is 0.504. The zero-order valence-electron chi connectivity index (χ0n) is 5.56. The van der Waals surface area contributed by atoms with Gasteiger partial charge in [-0.25, -0.2) is 0 Å². The summed E-state index contributed by atoms with van der Waals surface area (Å²) in [6, 6.07) is 0. The van der Waals surface area contributed by atoms with E-state index in [2.05, 4.69) is 0 Å². The van der Waals surface area contributed by atoms with Gasteiger partial charge in [0.1, 0.15) is 0 Å². The SMILES string of the molecule is N.O=C[O-].O=S(=O)([O-])[O-].[Zn+2].[Zn+2]. The summed E-state index contributed by atoms with van der Waals surface area (Å²) in [6.07, 6.45) is 0. The Morgan fingerprint density at radius 2 is 1.09 bits per heavy atom. The summed E-state index contributed by atoms with van der Waals surface area (Å²) in [6.45, 7) is -0.500. The molecular formula is CH4NO6SZn2+. The van der Waals surface area contributed by atoms with Crippen molar-refractivity contribution >= 4 is 16.9 Å². The maximum atomic E-state index is 8.52. The molecule has 3 N–H and O–H groups in total. The Labute approximate surface area is 89.2 Å². The number of hydrogen-bond donors (Lipinski definition) is 1. The molecule has 0 bridgehead atoms. The van der Waals surface area contributed by atoms with Crippen LogP contribution in [-0.4, -0.2) is 24.0 Å². The summed E-state index contributed by atoms with van der Waals surface area (Å²) in [4.78, 5) is 8.25. The molecule has 0 spiro atoms. The summed E-state index contributed by atoms with van der Waals surface area (Å²) in [7, 11) is -5.17. The smallest absolute Gasteiger partial charge is 0.759 e. The van der Waals surface area contributed by atoms with Crippen LogP contribution in [0.1, 0.15) is 0 Å². The van der Waals surface area contributed by atoms with Crippen LogP contribution in [0.4, 0.5) is 0 Å². The number of carboxylic acid groups (broad SMARTS) is 1. The van der Waals surface area contributed by atoms with Crippen molar-refractivity contribution in [2.75, 3.05) is 0 Å². The molecule has 11 heavy (non-hydrogen) atoms. The first-order valence-electron chi connectivity index (χ1n) is 1.14. The maximum Gasteiger partial charge on any atom is 2.00 e. The van der Waals surface area contributed by atoms with Crippen molar-refractivity contribution in [1.82, 2.24) is 6.15 Å². The minimum absolute atomic E-state index is 0. The molecule has 0 radical (unpaired) electrons. The molecule has 7 nitrogen and oxygen atoms in total. The van der Waals surface area contributed by atoms with E-state index in [4.69, 9.17) is 27.4 Å². The minimum Gasteiger partial charge on any atom is -0.759 e. The van der Waals surface area contributed by atoms with Crippen LogP contribution in [0, 0.1) is 0 Å². The van der Waals surface area contributed by atoms with Crippen molar-refractivity contribution in [3.63, 3.8) is 0 Å². The first-order valence-corrected chi connectivity index (χ1v) is 2.47. The van der Waals surface area contributed by atoms with Crippen molar-refractivity contribution in [3.05, 3.63) is 0 Å². The summed E-state index contributed by atoms with van der Waals surface area (Å²) in [5, 5.41) is 8.25. The summed E-state index contributed by atoms with van der Waals surface area (Å²) in [5.41, 5.74) is 0. The third-order valence-corrected chi connectivity index (χ3v) is 0. The summed E-state index contributed by atoms with van der Waals surface area (Å²) in [5.74, 6) is 0. The van der Waals surface area contributed by atoms with Gasteiger partial charge in [-0.05, 0) is 0 Å². The molecule has 0 aromatic heterocycles. The third kappa shape index (κ3) is 2580. The summed E-state index contributed by atoms with van der Waals surface area (Å²) < 4.78 is 34.1. The van der Waals surface area contributed by atoms with Crippen LogP contribution in [0.3, 0.4) is 0 Å². The van der Waals surface area contributed by atoms with Crippen LogP contribution in [0.2, 0.25) is 0 Å². The molecule has 0 aromatic carbocycles. The van der Waals surface area contributed by atoms with Gasteiger partial charge in [0, 0.05) is 16.9 Å². The predicted octanol–water partition coefficient (Wildman–Crippen LogP) is -2.81. The molecule has 0 aromatic rings. The molecule has 0 fully saturated rings. The molecule has 0 aliphatic rings. The van der Waals surface area contributed by atoms with Crippen LogP contribution < -0.4 is 11.3 Å². The largest absolute Gasteiger partial charge is 2.00 e. The van der Waals surface area contributed by atoms with Gasteiger partial charge in [0.2, 0.25) is 0 Å². The van der Waals surface area contributed by atoms with Gasteiger partial charge in [0.15, 0.2) is 0 Å². The standard InChI is InChI=1S/CH2O2.H3N.H2O4S.2Zn/c2-1-3;;1-5(2,3)4;;/h1H,(H,2,3);1H3;(H2,1,2,3,4);;/q;;;2*+2/p-3. The van der Waals surface area contributed by atoms with E-state index in [9.17, 15) is 0 Å². The van der Waals surface area contributed by atoms with E-state index >= 15 is 0 Å². The van der Waals surface area contributed by atoms with Gasteiger partial charge in [-0.15, -0.1) is 0 Å². The molecule has 0 aliphatic carbocycles. The maximum absolute atomic E-state index is 8.52. The number of carbonyl (C=O) groups is 1. The molecule has 0 aliphatic heterocycles. The topological polar surface area (TPSA) is 155 Å². The van der Waals surface area contributed by atoms with Gasteiger partial charge in [-0.2, -0.15) is 0 Å². The van der Waals surface area contributed by atoms with Gasteiger partial charge in [0.05, 0.1) is 0 Å². The zero-order chi connectivity index (χ0) is 7.21. The van der Waals surface area contributed by atoms with Crippen molar-refractivity contribution in [2.45, 2.75) is 0 Å². The van der Waals surface area contributed by atoms with Gasteiger partial charge in [0.25, 0.3) is 0 Å². The summed E-state index contributed by atoms with van der Waals surface area (Å²) >= 11 is 0. The van der Waals surface area contributed by atoms with Crippen molar-refractivity contribution in [1.29, 1.82) is 0 Å². The van der Waals surface area contributed by atoms with Crippen LogP contribution in [-0.2, 0) is 54.1 Å². The van der Waals surface area contributed by atoms with Crippen molar-refractivity contribution < 1.29 is 66.4 Å². The van der Waals surface area contributed by atoms with E-state index in [0.717, 1.165) is 0 Å². The Morgan fingerprint density at radius 3 is 1.09 bits per heavy atom. The van der Waals surface area contributed by atoms with Gasteiger partial charge in [-0.1, -0.05) is 0 Å². The molecule has 58 valence electrons. The van der Waals surface area contributed by atoms with E-state index in [0.29, 0.717) is 0 Å². The second kappa shape index (κ2) is 16.9. The van der Waals surface area contributed by atoms with Crippen LogP contribution in [0.25, 0.3) is 0 Å². The first-order chi connectivity index (χ1) is 3.41. The molecule has 10 heteroatoms. The van der Waals surface area contributed by atoms with Crippen molar-refractivity contribution in [2.24, 2.45) is 0 Å². The number of hydrogen-bond acceptors (Lipinski definition) is 7. The fourth-order valence-electron chi connectivity index (χ4n) is 0. The Bertz CT molecular complexity index is 135. The van der Waals surface area contributed by atoms with Crippen LogP contribution in [0.15, 0.2) is 0 Å². The second-order valence-corrected chi connectivity index (χ2v) is 1.32. The molecule has 0 saturated carbocycles. The molecule has 0 atom stereocenters. The van der Waals surface area contributed by atoms with Gasteiger partial charge < -0.3 is 25.2 Å². The van der Waals surface area contributed by atoms with E-state index < -0.39 is 16.9 Å². The van der Waals surface area contributed by atoms with Gasteiger partial charge in [-0.3, -0.25) is 8.42 Å². The number of rotatable bonds is 0. The molecule has 0 amide bonds. The van der Waals surface area contributed by atoms with E-state index in [1.165, 1.54) is 0 Å². The fraction of sp³-hybridized carbons (Fsp3) is 0. The normalized spacial score (nSPS) is 6.36. The first kappa shape index (κ1) is 30.0. The predicted molar refractivity (Wildman–Crippen MR) is 21.6 cm³/mol. The van der Waals surface area contributed by atoms with Crippen LogP contribution in [0.5, 0.6) is 0 Å². The minimum atomic E-state index is -5.17. The van der Waals surface area contributed by atoms with E-state index in [1.807, 2.05) is 0 Å². The molecule has 0 rings (SSSR count). The van der Waals surface area contributed by atoms with E-state index in [1.54, 1.807) is 0 Å². The quantitative estimate of drug-likeness (QED) is 0.218. The Balaban J connectivity index is -0.0000000183.